The molecule has 0 aliphatic rings. The van der Waals surface area contributed by atoms with Crippen LogP contribution in [0, 0.1) is 6.92 Å². The molecule has 1 aromatic heterocycles. The second kappa shape index (κ2) is 6.91. The van der Waals surface area contributed by atoms with Crippen LogP contribution in [0.2, 0.25) is 5.02 Å². The second-order valence-electron chi connectivity index (χ2n) is 4.47. The predicted octanol–water partition coefficient (Wildman–Crippen LogP) is 1.47. The van der Waals surface area contributed by atoms with Gasteiger partial charge in [0.05, 0.1) is 27.4 Å². The van der Waals surface area contributed by atoms with Crippen molar-refractivity contribution in [3.05, 3.63) is 46.7 Å². The first-order valence-electron chi connectivity index (χ1n) is 6.32. The smallest absolute Gasteiger partial charge is 0.372 e. The number of sulfonamides is 1. The van der Waals surface area contributed by atoms with Crippen LogP contribution in [0.4, 0.5) is 10.7 Å². The fourth-order valence-electron chi connectivity index (χ4n) is 1.65. The van der Waals surface area contributed by atoms with E-state index in [2.05, 4.69) is 20.0 Å². The Hall–Kier alpha value is -2.56. The van der Waals surface area contributed by atoms with Crippen LogP contribution in [0.1, 0.15) is 16.1 Å². The molecule has 0 aliphatic heterocycles. The zero-order valence-electron chi connectivity index (χ0n) is 12.2. The van der Waals surface area contributed by atoms with Gasteiger partial charge < -0.3 is 4.74 Å². The first-order valence-corrected chi connectivity index (χ1v) is 8.25. The number of hydrogen-bond acceptors (Lipinski definition) is 7. The third-order valence-electron chi connectivity index (χ3n) is 2.73. The summed E-state index contributed by atoms with van der Waals surface area (Å²) in [6.07, 6.45) is 0.0726. The van der Waals surface area contributed by atoms with Crippen LogP contribution in [0.5, 0.6) is 0 Å². The maximum Gasteiger partial charge on any atom is 0.422 e. The number of carbonyl (C=O) groups excluding carboxylic acids is 2. The van der Waals surface area contributed by atoms with E-state index in [1.165, 1.54) is 18.3 Å². The molecule has 1 aromatic carbocycles. The van der Waals surface area contributed by atoms with Gasteiger partial charge in [0.25, 0.3) is 0 Å². The lowest BCUT2D eigenvalue weighted by Gasteiger charge is -2.08. The average Bonchev–Trinajstić information content (AvgIpc) is 2.50. The van der Waals surface area contributed by atoms with Gasteiger partial charge in [0.1, 0.15) is 0 Å². The van der Waals surface area contributed by atoms with Gasteiger partial charge in [0, 0.05) is 0 Å². The molecule has 11 heteroatoms. The number of esters is 1. The fourth-order valence-corrected chi connectivity index (χ4v) is 2.47. The highest BCUT2D eigenvalue weighted by Crippen LogP contribution is 2.16. The summed E-state index contributed by atoms with van der Waals surface area (Å²) in [5.74, 6) is -1.32. The zero-order valence-corrected chi connectivity index (χ0v) is 13.8. The molecule has 0 aliphatic carbocycles. The Morgan fingerprint density at radius 2 is 1.96 bits per heavy atom. The summed E-state index contributed by atoms with van der Waals surface area (Å²) in [6, 6.07) is 5.06. The molecule has 0 bridgehead atoms. The molecule has 24 heavy (non-hydrogen) atoms. The van der Waals surface area contributed by atoms with Crippen molar-refractivity contribution in [1.82, 2.24) is 9.97 Å². The minimum atomic E-state index is -4.16. The number of nitrogens with zero attached hydrogens (tertiary/aromatic N) is 2. The van der Waals surface area contributed by atoms with E-state index in [9.17, 15) is 18.0 Å². The van der Waals surface area contributed by atoms with Gasteiger partial charge in [-0.05, 0) is 19.1 Å². The van der Waals surface area contributed by atoms with Crippen LogP contribution < -0.4 is 10.5 Å². The zero-order chi connectivity index (χ0) is 17.9. The molecule has 9 nitrogen and oxygen atoms in total. The van der Waals surface area contributed by atoms with E-state index in [0.29, 0.717) is 10.7 Å². The first-order chi connectivity index (χ1) is 11.2. The lowest BCUT2D eigenvalue weighted by Crippen LogP contribution is -2.23. The monoisotopic (exact) mass is 370 g/mol. The molecular formula is C13H11ClN4O5S. The Bertz CT molecular complexity index is 916. The van der Waals surface area contributed by atoms with E-state index in [1.54, 1.807) is 6.92 Å². The molecule has 0 spiro atoms. The number of nitrogens with one attached hydrogen (secondary N) is 1. The largest absolute Gasteiger partial charge is 0.422 e. The third-order valence-corrected chi connectivity index (χ3v) is 4.07. The van der Waals surface area contributed by atoms with Gasteiger partial charge in [-0.1, -0.05) is 23.7 Å². The molecule has 0 unspecified atom stereocenters. The Morgan fingerprint density at radius 3 is 2.58 bits per heavy atom. The molecule has 1 amide bonds. The van der Waals surface area contributed by atoms with Crippen LogP contribution in [0.15, 0.2) is 35.4 Å². The van der Waals surface area contributed by atoms with E-state index < -0.39 is 27.0 Å². The summed E-state index contributed by atoms with van der Waals surface area (Å²) in [4.78, 5) is 30.8. The molecule has 2 rings (SSSR count). The van der Waals surface area contributed by atoms with Crippen LogP contribution in [-0.2, 0) is 14.8 Å². The molecule has 126 valence electrons. The van der Waals surface area contributed by atoms with Crippen LogP contribution in [0.3, 0.4) is 0 Å². The van der Waals surface area contributed by atoms with Crippen molar-refractivity contribution in [2.45, 2.75) is 11.8 Å². The van der Waals surface area contributed by atoms with Crippen molar-refractivity contribution in [3.63, 3.8) is 0 Å². The topological polar surface area (TPSA) is 141 Å². The number of aromatic nitrogens is 2. The highest BCUT2D eigenvalue weighted by Gasteiger charge is 2.22. The van der Waals surface area contributed by atoms with E-state index in [-0.39, 0.29) is 11.5 Å². The summed E-state index contributed by atoms with van der Waals surface area (Å²) >= 11 is 5.75. The number of ether oxygens (including phenoxy) is 1. The molecule has 0 radical (unpaired) electrons. The lowest BCUT2D eigenvalue weighted by molar-refractivity contribution is 0.0641. The molecule has 3 N–H and O–H groups in total. The Morgan fingerprint density at radius 1 is 1.29 bits per heavy atom. The van der Waals surface area contributed by atoms with Gasteiger partial charge in [-0.3, -0.25) is 5.32 Å². The highest BCUT2D eigenvalue weighted by atomic mass is 35.5. The Balaban J connectivity index is 2.15. The third kappa shape index (κ3) is 4.25. The maximum absolute atomic E-state index is 12.0. The molecule has 1 heterocycles. The number of primary sulfonamides is 1. The van der Waals surface area contributed by atoms with Crippen molar-refractivity contribution in [1.29, 1.82) is 0 Å². The number of carbonyl (C=O) groups is 2. The highest BCUT2D eigenvalue weighted by molar-refractivity contribution is 7.89. The SMILES string of the molecule is Cc1nc(NC(=O)OC(=O)c2ccccc2S(N)(=O)=O)ncc1Cl. The summed E-state index contributed by atoms with van der Waals surface area (Å²) < 4.78 is 27.4. The number of benzene rings is 1. The number of hydrogen-bond donors (Lipinski definition) is 2. The van der Waals surface area contributed by atoms with Crippen LogP contribution >= 0.6 is 11.6 Å². The van der Waals surface area contributed by atoms with Crippen molar-refractivity contribution in [2.75, 3.05) is 5.32 Å². The quantitative estimate of drug-likeness (QED) is 0.615. The number of halogens is 1. The summed E-state index contributed by atoms with van der Waals surface area (Å²) in [5.41, 5.74) is 0.0382. The molecular weight excluding hydrogens is 360 g/mol. The molecule has 0 fully saturated rings. The van der Waals surface area contributed by atoms with Gasteiger partial charge in [0.2, 0.25) is 16.0 Å². The number of rotatable bonds is 3. The number of anilines is 1. The van der Waals surface area contributed by atoms with Gasteiger partial charge in [-0.2, -0.15) is 0 Å². The predicted molar refractivity (Wildman–Crippen MR) is 84.0 cm³/mol. The minimum Gasteiger partial charge on any atom is -0.372 e. The van der Waals surface area contributed by atoms with E-state index in [0.717, 1.165) is 12.1 Å². The number of amides is 1. The molecule has 0 atom stereocenters. The van der Waals surface area contributed by atoms with Gasteiger partial charge in [-0.15, -0.1) is 0 Å². The summed E-state index contributed by atoms with van der Waals surface area (Å²) in [7, 11) is -4.16. The van der Waals surface area contributed by atoms with E-state index in [4.69, 9.17) is 16.7 Å². The Kier molecular flexibility index (Phi) is 5.12. The molecule has 0 saturated carbocycles. The number of aryl methyl sites for hydroxylation is 1. The standard InChI is InChI=1S/C13H11ClN4O5S/c1-7-9(14)6-16-12(17-7)18-13(20)23-11(19)8-4-2-3-5-10(8)24(15,21)22/h2-6H,1H3,(H2,15,21,22)(H,16,17,18,20). The molecule has 2 aromatic rings. The van der Waals surface area contributed by atoms with Crippen LogP contribution in [-0.4, -0.2) is 30.4 Å². The molecule has 0 saturated heterocycles. The van der Waals surface area contributed by atoms with Crippen LogP contribution in [0.25, 0.3) is 0 Å². The van der Waals surface area contributed by atoms with Gasteiger partial charge in [-0.25, -0.2) is 33.1 Å². The maximum atomic E-state index is 12.0. The van der Waals surface area contributed by atoms with Gasteiger partial charge >= 0.3 is 12.1 Å². The number of nitrogens with two attached hydrogens (primary N) is 1. The summed E-state index contributed by atoms with van der Waals surface area (Å²) in [5, 5.41) is 7.44. The summed E-state index contributed by atoms with van der Waals surface area (Å²) in [6.45, 7) is 1.59. The van der Waals surface area contributed by atoms with Crippen molar-refractivity contribution < 1.29 is 22.7 Å². The van der Waals surface area contributed by atoms with E-state index >= 15 is 0 Å². The van der Waals surface area contributed by atoms with Crippen molar-refractivity contribution >= 4 is 39.6 Å². The average molecular weight is 371 g/mol. The second-order valence-corrected chi connectivity index (χ2v) is 6.41. The van der Waals surface area contributed by atoms with Crippen molar-refractivity contribution in [2.24, 2.45) is 5.14 Å². The van der Waals surface area contributed by atoms with Crippen molar-refractivity contribution in [3.8, 4) is 0 Å². The van der Waals surface area contributed by atoms with E-state index in [1.807, 2.05) is 0 Å². The Labute approximate surface area is 141 Å². The minimum absolute atomic E-state index is 0.130. The van der Waals surface area contributed by atoms with Gasteiger partial charge in [0.15, 0.2) is 0 Å². The lowest BCUT2D eigenvalue weighted by atomic mass is 10.2. The normalized spacial score (nSPS) is 11.0. The fraction of sp³-hybridized carbons (Fsp3) is 0.0769. The first kappa shape index (κ1) is 17.8.